The van der Waals surface area contributed by atoms with Crippen molar-refractivity contribution in [1.82, 2.24) is 15.2 Å². The Labute approximate surface area is 168 Å². The number of halogens is 6. The maximum Gasteiger partial charge on any atom is 0.445 e. The Balaban J connectivity index is 2.38. The molecule has 0 amide bonds. The smallest absolute Gasteiger partial charge is 0.445 e. The lowest BCUT2D eigenvalue weighted by Gasteiger charge is -2.08. The summed E-state index contributed by atoms with van der Waals surface area (Å²) in [5, 5.41) is 5.78. The van der Waals surface area contributed by atoms with E-state index in [1.165, 1.54) is 6.92 Å². The van der Waals surface area contributed by atoms with Crippen molar-refractivity contribution in [2.75, 3.05) is 11.9 Å². The van der Waals surface area contributed by atoms with Crippen LogP contribution in [0.4, 0.5) is 22.7 Å². The van der Waals surface area contributed by atoms with E-state index in [2.05, 4.69) is 20.5 Å². The number of nitrogens with one attached hydrogen (secondary N) is 1. The highest BCUT2D eigenvalue weighted by Gasteiger charge is 2.35. The lowest BCUT2D eigenvalue weighted by atomic mass is 10.1. The second-order valence-electron chi connectivity index (χ2n) is 4.76. The van der Waals surface area contributed by atoms with Crippen LogP contribution in [0.3, 0.4) is 0 Å². The number of pyridine rings is 1. The molecule has 0 atom stereocenters. The first kappa shape index (κ1) is 22.0. The summed E-state index contributed by atoms with van der Waals surface area (Å²) >= 11 is 11.4. The van der Waals surface area contributed by atoms with Crippen LogP contribution < -0.4 is 5.32 Å². The molecule has 0 saturated carbocycles. The summed E-state index contributed by atoms with van der Waals surface area (Å²) in [7, 11) is 0. The molecule has 1 N–H and O–H groups in total. The number of alkyl halides is 3. The van der Waals surface area contributed by atoms with E-state index in [0.717, 1.165) is 6.20 Å². The van der Waals surface area contributed by atoms with Gasteiger partial charge in [-0.15, -0.1) is 10.2 Å². The molecule has 14 heteroatoms. The van der Waals surface area contributed by atoms with Gasteiger partial charge in [-0.1, -0.05) is 34.5 Å². The zero-order chi connectivity index (χ0) is 21.1. The Morgan fingerprint density at radius 1 is 1.29 bits per heavy atom. The van der Waals surface area contributed by atoms with Gasteiger partial charge in [0.25, 0.3) is 0 Å². The summed E-state index contributed by atoms with van der Waals surface area (Å²) in [6.07, 6.45) is -3.95. The number of anilines is 1. The first-order chi connectivity index (χ1) is 13.0. The molecular formula is C14H8Cl2F4N4O3S. The molecule has 0 aromatic carbocycles. The van der Waals surface area contributed by atoms with E-state index in [1.807, 2.05) is 0 Å². The molecule has 0 aliphatic heterocycles. The molecule has 0 aliphatic carbocycles. The fourth-order valence-corrected chi connectivity index (χ4v) is 2.69. The normalized spacial score (nSPS) is 12.0. The standard InChI is InChI=1S/C14H8Cl2F4N4O3S/c1-2-27-11(26)6(4-21-13-24-23-12(28-13)14(18,19)20)8(25)5-3-7(17)10(16)22-9(5)15/h3-4H,2H2,1H3,(H,21,24). The Bertz CT molecular complexity index is 949. The molecule has 2 rings (SSSR count). The number of nitrogens with zero attached hydrogens (tertiary/aromatic N) is 3. The summed E-state index contributed by atoms with van der Waals surface area (Å²) in [6.45, 7) is 1.35. The number of rotatable bonds is 6. The predicted octanol–water partition coefficient (Wildman–Crippen LogP) is 4.14. The van der Waals surface area contributed by atoms with Crippen molar-refractivity contribution in [2.24, 2.45) is 0 Å². The van der Waals surface area contributed by atoms with Crippen molar-refractivity contribution in [3.05, 3.63) is 44.5 Å². The minimum atomic E-state index is -4.71. The second kappa shape index (κ2) is 8.80. The Kier molecular flexibility index (Phi) is 6.91. The highest BCUT2D eigenvalue weighted by atomic mass is 35.5. The number of carbonyl (C=O) groups excluding carboxylic acids is 2. The largest absolute Gasteiger partial charge is 0.462 e. The van der Waals surface area contributed by atoms with Gasteiger partial charge in [0.05, 0.1) is 12.2 Å². The number of ketones is 1. The zero-order valence-electron chi connectivity index (χ0n) is 13.6. The monoisotopic (exact) mass is 458 g/mol. The molecule has 28 heavy (non-hydrogen) atoms. The van der Waals surface area contributed by atoms with Crippen LogP contribution in [0.5, 0.6) is 0 Å². The van der Waals surface area contributed by atoms with Gasteiger partial charge in [0.1, 0.15) is 10.7 Å². The number of esters is 1. The van der Waals surface area contributed by atoms with Crippen LogP contribution in [-0.2, 0) is 15.7 Å². The highest BCUT2D eigenvalue weighted by Crippen LogP contribution is 2.33. The van der Waals surface area contributed by atoms with E-state index in [1.54, 1.807) is 0 Å². The summed E-state index contributed by atoms with van der Waals surface area (Å²) in [4.78, 5) is 28.1. The van der Waals surface area contributed by atoms with Crippen molar-refractivity contribution in [3.8, 4) is 0 Å². The van der Waals surface area contributed by atoms with Crippen molar-refractivity contribution in [1.29, 1.82) is 0 Å². The minimum absolute atomic E-state index is 0.110. The second-order valence-corrected chi connectivity index (χ2v) is 6.45. The van der Waals surface area contributed by atoms with Crippen LogP contribution in [0.15, 0.2) is 17.8 Å². The van der Waals surface area contributed by atoms with Gasteiger partial charge >= 0.3 is 12.1 Å². The van der Waals surface area contributed by atoms with Gasteiger partial charge in [-0.2, -0.15) is 13.2 Å². The predicted molar refractivity (Wildman–Crippen MR) is 91.8 cm³/mol. The molecule has 0 spiro atoms. The van der Waals surface area contributed by atoms with Crippen molar-refractivity contribution >= 4 is 51.4 Å². The van der Waals surface area contributed by atoms with Crippen LogP contribution in [-0.4, -0.2) is 33.5 Å². The molecule has 0 bridgehead atoms. The van der Waals surface area contributed by atoms with Crippen LogP contribution >= 0.6 is 34.5 Å². The summed E-state index contributed by atoms with van der Waals surface area (Å²) in [6, 6.07) is 0.666. The number of hydrogen-bond donors (Lipinski definition) is 1. The SMILES string of the molecule is CCOC(=O)C(=CNc1nnc(C(F)(F)F)s1)C(=O)c1cc(F)c(Cl)nc1Cl. The number of aromatic nitrogens is 3. The molecular weight excluding hydrogens is 451 g/mol. The van der Waals surface area contributed by atoms with Gasteiger partial charge in [-0.3, -0.25) is 4.79 Å². The van der Waals surface area contributed by atoms with Crippen molar-refractivity contribution in [2.45, 2.75) is 13.1 Å². The first-order valence-electron chi connectivity index (χ1n) is 7.15. The van der Waals surface area contributed by atoms with E-state index in [4.69, 9.17) is 27.9 Å². The summed E-state index contributed by atoms with van der Waals surface area (Å²) in [5.74, 6) is -3.30. The zero-order valence-corrected chi connectivity index (χ0v) is 15.9. The van der Waals surface area contributed by atoms with Gasteiger partial charge < -0.3 is 10.1 Å². The van der Waals surface area contributed by atoms with Crippen molar-refractivity contribution in [3.63, 3.8) is 0 Å². The first-order valence-corrected chi connectivity index (χ1v) is 8.72. The molecule has 150 valence electrons. The molecule has 0 fully saturated rings. The molecule has 0 saturated heterocycles. The van der Waals surface area contributed by atoms with Crippen LogP contribution in [0, 0.1) is 5.82 Å². The number of hydrogen-bond acceptors (Lipinski definition) is 8. The molecule has 0 radical (unpaired) electrons. The van der Waals surface area contributed by atoms with E-state index in [0.29, 0.717) is 6.07 Å². The third kappa shape index (κ3) is 5.14. The third-order valence-corrected chi connectivity index (χ3v) is 4.33. The van der Waals surface area contributed by atoms with E-state index < -0.39 is 50.2 Å². The van der Waals surface area contributed by atoms with Gasteiger partial charge in [0.2, 0.25) is 15.9 Å². The highest BCUT2D eigenvalue weighted by molar-refractivity contribution is 7.15. The molecule has 0 unspecified atom stereocenters. The topological polar surface area (TPSA) is 94.1 Å². The quantitative estimate of drug-likeness (QED) is 0.132. The van der Waals surface area contributed by atoms with Gasteiger partial charge in [0.15, 0.2) is 11.0 Å². The summed E-state index contributed by atoms with van der Waals surface area (Å²) < 4.78 is 56.0. The lowest BCUT2D eigenvalue weighted by Crippen LogP contribution is -2.18. The molecule has 7 nitrogen and oxygen atoms in total. The van der Waals surface area contributed by atoms with E-state index in [9.17, 15) is 27.2 Å². The van der Waals surface area contributed by atoms with Crippen molar-refractivity contribution < 1.29 is 31.9 Å². The Morgan fingerprint density at radius 3 is 2.54 bits per heavy atom. The van der Waals surface area contributed by atoms with Crippen LogP contribution in [0.25, 0.3) is 0 Å². The van der Waals surface area contributed by atoms with Gasteiger partial charge in [-0.05, 0) is 13.0 Å². The average molecular weight is 459 g/mol. The molecule has 0 aliphatic rings. The van der Waals surface area contributed by atoms with E-state index >= 15 is 0 Å². The van der Waals surface area contributed by atoms with Gasteiger partial charge in [0, 0.05) is 6.20 Å². The van der Waals surface area contributed by atoms with Crippen LogP contribution in [0.1, 0.15) is 22.3 Å². The Hall–Kier alpha value is -2.31. The molecule has 2 aromatic heterocycles. The minimum Gasteiger partial charge on any atom is -0.462 e. The number of Topliss-reactive ketones (excluding diaryl/α,β-unsaturated/α-hetero) is 1. The molecule has 2 aromatic rings. The number of carbonyl (C=O) groups is 2. The maximum absolute atomic E-state index is 13.6. The average Bonchev–Trinajstić information content (AvgIpc) is 3.07. The fraction of sp³-hybridized carbons (Fsp3) is 0.214. The maximum atomic E-state index is 13.6. The Morgan fingerprint density at radius 2 is 1.96 bits per heavy atom. The summed E-state index contributed by atoms with van der Waals surface area (Å²) in [5.41, 5.74) is -1.19. The lowest BCUT2D eigenvalue weighted by molar-refractivity contribution is -0.138. The molecule has 2 heterocycles. The van der Waals surface area contributed by atoms with E-state index in [-0.39, 0.29) is 23.1 Å². The third-order valence-electron chi connectivity index (χ3n) is 2.88. The number of ether oxygens (including phenoxy) is 1. The van der Waals surface area contributed by atoms with Crippen LogP contribution in [0.2, 0.25) is 10.3 Å². The fourth-order valence-electron chi connectivity index (χ4n) is 1.71. The van der Waals surface area contributed by atoms with Gasteiger partial charge in [-0.25, -0.2) is 14.2 Å².